The summed E-state index contributed by atoms with van der Waals surface area (Å²) in [5, 5.41) is 9.74. The summed E-state index contributed by atoms with van der Waals surface area (Å²) < 4.78 is 0. The molecule has 2 unspecified atom stereocenters. The molecule has 3 heterocycles. The van der Waals surface area contributed by atoms with Gasteiger partial charge in [-0.05, 0) is 19.8 Å². The molecule has 2 atom stereocenters. The van der Waals surface area contributed by atoms with E-state index in [1.54, 1.807) is 12.7 Å². The largest absolute Gasteiger partial charge is 0.393 e. The summed E-state index contributed by atoms with van der Waals surface area (Å²) in [4.78, 5) is 17.9. The minimum atomic E-state index is -0.271. The van der Waals surface area contributed by atoms with Crippen LogP contribution in [-0.2, 0) is 0 Å². The fraction of sp³-hybridized carbons (Fsp3) is 0.583. The summed E-state index contributed by atoms with van der Waals surface area (Å²) in [6.07, 6.45) is 5.07. The molecule has 0 spiro atoms. The van der Waals surface area contributed by atoms with Crippen molar-refractivity contribution in [3.05, 3.63) is 12.7 Å². The van der Waals surface area contributed by atoms with Gasteiger partial charge in [0.25, 0.3) is 0 Å². The lowest BCUT2D eigenvalue weighted by Crippen LogP contribution is -2.40. The predicted molar refractivity (Wildman–Crippen MR) is 68.3 cm³/mol. The zero-order valence-corrected chi connectivity index (χ0v) is 10.4. The molecule has 0 amide bonds. The van der Waals surface area contributed by atoms with Gasteiger partial charge in [-0.2, -0.15) is 0 Å². The highest BCUT2D eigenvalue weighted by molar-refractivity contribution is 5.82. The zero-order chi connectivity index (χ0) is 12.5. The molecule has 1 aliphatic rings. The van der Waals surface area contributed by atoms with E-state index in [0.29, 0.717) is 11.6 Å². The minimum Gasteiger partial charge on any atom is -0.393 e. The molecule has 0 bridgehead atoms. The monoisotopic (exact) mass is 247 g/mol. The van der Waals surface area contributed by atoms with E-state index in [4.69, 9.17) is 0 Å². The third-order valence-corrected chi connectivity index (χ3v) is 3.64. The molecule has 18 heavy (non-hydrogen) atoms. The first-order valence-electron chi connectivity index (χ1n) is 6.33. The second-order valence-electron chi connectivity index (χ2n) is 4.89. The van der Waals surface area contributed by atoms with Crippen molar-refractivity contribution in [2.24, 2.45) is 5.92 Å². The van der Waals surface area contributed by atoms with Crippen molar-refractivity contribution in [1.29, 1.82) is 0 Å². The molecule has 0 radical (unpaired) electrons. The number of hydrogen-bond acceptors (Lipinski definition) is 5. The topological polar surface area (TPSA) is 77.9 Å². The van der Waals surface area contributed by atoms with Gasteiger partial charge in [0.15, 0.2) is 11.5 Å². The van der Waals surface area contributed by atoms with Crippen LogP contribution in [0.2, 0.25) is 0 Å². The van der Waals surface area contributed by atoms with Crippen LogP contribution < -0.4 is 4.90 Å². The molecule has 3 rings (SSSR count). The second-order valence-corrected chi connectivity index (χ2v) is 4.89. The summed E-state index contributed by atoms with van der Waals surface area (Å²) in [7, 11) is 0. The van der Waals surface area contributed by atoms with E-state index in [-0.39, 0.29) is 6.10 Å². The third-order valence-electron chi connectivity index (χ3n) is 3.64. The maximum Gasteiger partial charge on any atom is 0.182 e. The van der Waals surface area contributed by atoms with Crippen LogP contribution in [0, 0.1) is 5.92 Å². The molecule has 1 saturated heterocycles. The molecule has 0 aromatic carbocycles. The number of imidazole rings is 1. The number of aliphatic hydroxyl groups is 1. The number of anilines is 1. The number of nitrogens with zero attached hydrogens (tertiary/aromatic N) is 4. The lowest BCUT2D eigenvalue weighted by Gasteiger charge is -2.34. The Bertz CT molecular complexity index is 538. The van der Waals surface area contributed by atoms with Crippen molar-refractivity contribution in [3.63, 3.8) is 0 Å². The summed E-state index contributed by atoms with van der Waals surface area (Å²) in [6, 6.07) is 0. The Hall–Kier alpha value is -1.69. The van der Waals surface area contributed by atoms with Crippen LogP contribution in [0.25, 0.3) is 11.2 Å². The highest BCUT2D eigenvalue weighted by Crippen LogP contribution is 2.26. The van der Waals surface area contributed by atoms with Crippen LogP contribution in [-0.4, -0.2) is 44.2 Å². The number of nitrogens with one attached hydrogen (secondary N) is 1. The molecule has 6 nitrogen and oxygen atoms in total. The summed E-state index contributed by atoms with van der Waals surface area (Å²) in [6.45, 7) is 3.66. The fourth-order valence-corrected chi connectivity index (χ4v) is 2.59. The highest BCUT2D eigenvalue weighted by atomic mass is 16.3. The smallest absolute Gasteiger partial charge is 0.182 e. The van der Waals surface area contributed by atoms with Crippen LogP contribution in [0.1, 0.15) is 19.8 Å². The van der Waals surface area contributed by atoms with Crippen molar-refractivity contribution in [2.45, 2.75) is 25.9 Å². The maximum atomic E-state index is 9.74. The van der Waals surface area contributed by atoms with Gasteiger partial charge in [0.1, 0.15) is 11.8 Å². The quantitative estimate of drug-likeness (QED) is 0.826. The number of aromatic amines is 1. The minimum absolute atomic E-state index is 0.271. The summed E-state index contributed by atoms with van der Waals surface area (Å²) in [5.41, 5.74) is 1.57. The number of rotatable bonds is 2. The Morgan fingerprint density at radius 2 is 2.33 bits per heavy atom. The molecule has 1 aliphatic heterocycles. The standard InChI is InChI=1S/C12H17N5O/c1-8(18)9-3-2-4-17(5-9)12-10-11(14-6-13-10)15-7-16-12/h6-9,18H,2-5H2,1H3,(H,13,14,15,16). The van der Waals surface area contributed by atoms with Gasteiger partial charge in [0.05, 0.1) is 12.4 Å². The number of hydrogen-bond donors (Lipinski definition) is 2. The first-order valence-corrected chi connectivity index (χ1v) is 6.33. The van der Waals surface area contributed by atoms with Crippen LogP contribution in [0.15, 0.2) is 12.7 Å². The van der Waals surface area contributed by atoms with Gasteiger partial charge in [-0.15, -0.1) is 0 Å². The lowest BCUT2D eigenvalue weighted by molar-refractivity contribution is 0.115. The molecular weight excluding hydrogens is 230 g/mol. The second kappa shape index (κ2) is 4.53. The van der Waals surface area contributed by atoms with Gasteiger partial charge in [-0.1, -0.05) is 0 Å². The number of H-pyrrole nitrogens is 1. The fourth-order valence-electron chi connectivity index (χ4n) is 2.59. The Kier molecular flexibility index (Phi) is 2.87. The van der Waals surface area contributed by atoms with Crippen molar-refractivity contribution < 1.29 is 5.11 Å². The van der Waals surface area contributed by atoms with E-state index in [9.17, 15) is 5.11 Å². The molecule has 96 valence electrons. The van der Waals surface area contributed by atoms with E-state index in [1.807, 2.05) is 6.92 Å². The van der Waals surface area contributed by atoms with Gasteiger partial charge in [0.2, 0.25) is 0 Å². The molecule has 0 aliphatic carbocycles. The normalized spacial score (nSPS) is 22.3. The van der Waals surface area contributed by atoms with Crippen LogP contribution in [0.3, 0.4) is 0 Å². The predicted octanol–water partition coefficient (Wildman–Crippen LogP) is 0.950. The van der Waals surface area contributed by atoms with Gasteiger partial charge < -0.3 is 15.0 Å². The van der Waals surface area contributed by atoms with Crippen LogP contribution in [0.4, 0.5) is 5.82 Å². The van der Waals surface area contributed by atoms with Gasteiger partial charge in [0, 0.05) is 19.0 Å². The van der Waals surface area contributed by atoms with Gasteiger partial charge in [-0.3, -0.25) is 0 Å². The first-order chi connectivity index (χ1) is 8.75. The molecule has 2 N–H and O–H groups in total. The SMILES string of the molecule is CC(O)C1CCCN(c2ncnc3nc[nH]c23)C1. The Morgan fingerprint density at radius 1 is 1.44 bits per heavy atom. The molecule has 2 aromatic heterocycles. The molecule has 0 saturated carbocycles. The molecule has 6 heteroatoms. The third kappa shape index (κ3) is 1.92. The Labute approximate surface area is 105 Å². The Balaban J connectivity index is 1.92. The summed E-state index contributed by atoms with van der Waals surface area (Å²) in [5.74, 6) is 1.20. The van der Waals surface area contributed by atoms with Crippen molar-refractivity contribution >= 4 is 17.0 Å². The highest BCUT2D eigenvalue weighted by Gasteiger charge is 2.25. The zero-order valence-electron chi connectivity index (χ0n) is 10.4. The van der Waals surface area contributed by atoms with Gasteiger partial charge >= 0.3 is 0 Å². The number of piperidine rings is 1. The van der Waals surface area contributed by atoms with Crippen LogP contribution >= 0.6 is 0 Å². The van der Waals surface area contributed by atoms with E-state index >= 15 is 0 Å². The molecular formula is C12H17N5O. The van der Waals surface area contributed by atoms with E-state index in [2.05, 4.69) is 24.8 Å². The van der Waals surface area contributed by atoms with E-state index < -0.39 is 0 Å². The number of fused-ring (bicyclic) bond motifs is 1. The van der Waals surface area contributed by atoms with Crippen molar-refractivity contribution in [1.82, 2.24) is 19.9 Å². The van der Waals surface area contributed by atoms with Crippen molar-refractivity contribution in [2.75, 3.05) is 18.0 Å². The maximum absolute atomic E-state index is 9.74. The lowest BCUT2D eigenvalue weighted by atomic mass is 9.93. The van der Waals surface area contributed by atoms with Crippen molar-refractivity contribution in [3.8, 4) is 0 Å². The van der Waals surface area contributed by atoms with Crippen LogP contribution in [0.5, 0.6) is 0 Å². The average Bonchev–Trinajstić information content (AvgIpc) is 2.87. The Morgan fingerprint density at radius 3 is 3.17 bits per heavy atom. The average molecular weight is 247 g/mol. The molecule has 1 fully saturated rings. The summed E-state index contributed by atoms with van der Waals surface area (Å²) >= 11 is 0. The van der Waals surface area contributed by atoms with E-state index in [0.717, 1.165) is 37.3 Å². The first kappa shape index (κ1) is 11.4. The number of aromatic nitrogens is 4. The molecule has 2 aromatic rings. The van der Waals surface area contributed by atoms with E-state index in [1.165, 1.54) is 0 Å². The number of aliphatic hydroxyl groups excluding tert-OH is 1. The van der Waals surface area contributed by atoms with Gasteiger partial charge in [-0.25, -0.2) is 15.0 Å².